The fraction of sp³-hybridized carbons (Fsp3) is 0.278. The molecule has 0 aliphatic carbocycles. The number of carbonyl (C=O) groups is 1. The third-order valence-electron chi connectivity index (χ3n) is 4.08. The molecular weight excluding hydrogens is 324 g/mol. The van der Waals surface area contributed by atoms with Crippen molar-refractivity contribution in [1.29, 1.82) is 0 Å². The SMILES string of the molecule is C[C@@H](NS(=O)(=O)Cc1ccccc1)C(=O)N1CCc2ccccc21. The van der Waals surface area contributed by atoms with E-state index in [1.54, 1.807) is 36.1 Å². The summed E-state index contributed by atoms with van der Waals surface area (Å²) in [7, 11) is -3.58. The first-order valence-electron chi connectivity index (χ1n) is 7.89. The fourth-order valence-corrected chi connectivity index (χ4v) is 4.31. The number of rotatable bonds is 5. The van der Waals surface area contributed by atoms with Crippen molar-refractivity contribution in [2.24, 2.45) is 0 Å². The molecule has 126 valence electrons. The largest absolute Gasteiger partial charge is 0.310 e. The molecular formula is C18H20N2O3S. The molecule has 0 aromatic heterocycles. The molecule has 1 aliphatic rings. The maximum Gasteiger partial charge on any atom is 0.244 e. The highest BCUT2D eigenvalue weighted by atomic mass is 32.2. The lowest BCUT2D eigenvalue weighted by Gasteiger charge is -2.22. The van der Waals surface area contributed by atoms with Gasteiger partial charge in [0.25, 0.3) is 0 Å². The second kappa shape index (κ2) is 6.75. The summed E-state index contributed by atoms with van der Waals surface area (Å²) in [5.41, 5.74) is 2.68. The van der Waals surface area contributed by atoms with Crippen molar-refractivity contribution in [3.05, 3.63) is 65.7 Å². The van der Waals surface area contributed by atoms with E-state index in [1.807, 2.05) is 30.3 Å². The van der Waals surface area contributed by atoms with Crippen LogP contribution in [0, 0.1) is 0 Å². The summed E-state index contributed by atoms with van der Waals surface area (Å²) >= 11 is 0. The summed E-state index contributed by atoms with van der Waals surface area (Å²) < 4.78 is 27.1. The first-order chi connectivity index (χ1) is 11.5. The predicted molar refractivity (Wildman–Crippen MR) is 94.2 cm³/mol. The van der Waals surface area contributed by atoms with Crippen molar-refractivity contribution in [3.63, 3.8) is 0 Å². The lowest BCUT2D eigenvalue weighted by molar-refractivity contribution is -0.119. The molecule has 1 N–H and O–H groups in total. The van der Waals surface area contributed by atoms with Gasteiger partial charge in [0.2, 0.25) is 15.9 Å². The summed E-state index contributed by atoms with van der Waals surface area (Å²) in [6.07, 6.45) is 0.797. The van der Waals surface area contributed by atoms with E-state index in [4.69, 9.17) is 0 Å². The minimum atomic E-state index is -3.58. The van der Waals surface area contributed by atoms with Crippen LogP contribution in [0.5, 0.6) is 0 Å². The van der Waals surface area contributed by atoms with Gasteiger partial charge in [-0.25, -0.2) is 13.1 Å². The molecule has 3 rings (SSSR count). The topological polar surface area (TPSA) is 66.5 Å². The maximum atomic E-state index is 12.6. The number of fused-ring (bicyclic) bond motifs is 1. The van der Waals surface area contributed by atoms with E-state index in [-0.39, 0.29) is 11.7 Å². The average Bonchev–Trinajstić information content (AvgIpc) is 2.98. The molecule has 0 bridgehead atoms. The molecule has 0 saturated carbocycles. The molecule has 0 saturated heterocycles. The summed E-state index contributed by atoms with van der Waals surface area (Å²) in [4.78, 5) is 14.3. The van der Waals surface area contributed by atoms with Crippen molar-refractivity contribution in [3.8, 4) is 0 Å². The zero-order valence-corrected chi connectivity index (χ0v) is 14.3. The van der Waals surface area contributed by atoms with E-state index >= 15 is 0 Å². The zero-order chi connectivity index (χ0) is 17.2. The molecule has 5 nitrogen and oxygen atoms in total. The second-order valence-corrected chi connectivity index (χ2v) is 7.71. The Labute approximate surface area is 142 Å². The number of nitrogens with zero attached hydrogens (tertiary/aromatic N) is 1. The van der Waals surface area contributed by atoms with Gasteiger partial charge in [-0.15, -0.1) is 0 Å². The van der Waals surface area contributed by atoms with Crippen molar-refractivity contribution < 1.29 is 13.2 Å². The number of hydrogen-bond donors (Lipinski definition) is 1. The Kier molecular flexibility index (Phi) is 4.69. The summed E-state index contributed by atoms with van der Waals surface area (Å²) in [6, 6.07) is 15.8. The number of amides is 1. The van der Waals surface area contributed by atoms with Gasteiger partial charge >= 0.3 is 0 Å². The smallest absolute Gasteiger partial charge is 0.244 e. The molecule has 6 heteroatoms. The molecule has 0 unspecified atom stereocenters. The zero-order valence-electron chi connectivity index (χ0n) is 13.5. The van der Waals surface area contributed by atoms with Crippen LogP contribution in [-0.2, 0) is 27.0 Å². The fourth-order valence-electron chi connectivity index (χ4n) is 2.96. The third-order valence-corrected chi connectivity index (χ3v) is 5.51. The molecule has 1 heterocycles. The number of hydrogen-bond acceptors (Lipinski definition) is 3. The number of benzene rings is 2. The van der Waals surface area contributed by atoms with Crippen LogP contribution in [0.1, 0.15) is 18.1 Å². The van der Waals surface area contributed by atoms with Crippen molar-refractivity contribution in [2.45, 2.75) is 25.1 Å². The maximum absolute atomic E-state index is 12.6. The highest BCUT2D eigenvalue weighted by Crippen LogP contribution is 2.27. The lowest BCUT2D eigenvalue weighted by Crippen LogP contribution is -2.46. The van der Waals surface area contributed by atoms with Gasteiger partial charge in [-0.05, 0) is 30.5 Å². The van der Waals surface area contributed by atoms with Gasteiger partial charge in [-0.2, -0.15) is 0 Å². The van der Waals surface area contributed by atoms with Crippen LogP contribution in [-0.4, -0.2) is 26.9 Å². The Morgan fingerprint density at radius 3 is 2.54 bits per heavy atom. The monoisotopic (exact) mass is 344 g/mol. The number of para-hydroxylation sites is 1. The number of nitrogens with one attached hydrogen (secondary N) is 1. The van der Waals surface area contributed by atoms with Gasteiger partial charge in [-0.1, -0.05) is 48.5 Å². The van der Waals surface area contributed by atoms with Gasteiger partial charge in [0, 0.05) is 12.2 Å². The Morgan fingerprint density at radius 2 is 1.79 bits per heavy atom. The minimum absolute atomic E-state index is 0.137. The van der Waals surface area contributed by atoms with Gasteiger partial charge in [0.05, 0.1) is 11.8 Å². The van der Waals surface area contributed by atoms with E-state index in [9.17, 15) is 13.2 Å². The molecule has 0 spiro atoms. The highest BCUT2D eigenvalue weighted by Gasteiger charge is 2.29. The summed E-state index contributed by atoms with van der Waals surface area (Å²) in [6.45, 7) is 2.18. The Balaban J connectivity index is 1.68. The highest BCUT2D eigenvalue weighted by molar-refractivity contribution is 7.88. The molecule has 2 aromatic carbocycles. The second-order valence-electron chi connectivity index (χ2n) is 5.95. The van der Waals surface area contributed by atoms with Crippen molar-refractivity contribution in [1.82, 2.24) is 4.72 Å². The Morgan fingerprint density at radius 1 is 1.12 bits per heavy atom. The van der Waals surface area contributed by atoms with Crippen molar-refractivity contribution in [2.75, 3.05) is 11.4 Å². The van der Waals surface area contributed by atoms with E-state index in [0.29, 0.717) is 12.1 Å². The quantitative estimate of drug-likeness (QED) is 0.903. The molecule has 1 aliphatic heterocycles. The third kappa shape index (κ3) is 3.66. The lowest BCUT2D eigenvalue weighted by atomic mass is 10.2. The predicted octanol–water partition coefficient (Wildman–Crippen LogP) is 2.08. The van der Waals surface area contributed by atoms with E-state index < -0.39 is 16.1 Å². The van der Waals surface area contributed by atoms with E-state index in [0.717, 1.165) is 17.7 Å². The number of anilines is 1. The van der Waals surface area contributed by atoms with Gasteiger partial charge in [0.15, 0.2) is 0 Å². The van der Waals surface area contributed by atoms with Gasteiger partial charge < -0.3 is 4.90 Å². The van der Waals surface area contributed by atoms with Crippen LogP contribution in [0.25, 0.3) is 0 Å². The first kappa shape index (κ1) is 16.7. The summed E-state index contributed by atoms with van der Waals surface area (Å²) in [5, 5.41) is 0. The Bertz CT molecular complexity index is 834. The van der Waals surface area contributed by atoms with Crippen LogP contribution < -0.4 is 9.62 Å². The summed E-state index contributed by atoms with van der Waals surface area (Å²) in [5.74, 6) is -0.362. The molecule has 1 amide bonds. The van der Waals surface area contributed by atoms with Crippen LogP contribution in [0.2, 0.25) is 0 Å². The van der Waals surface area contributed by atoms with Crippen molar-refractivity contribution >= 4 is 21.6 Å². The van der Waals surface area contributed by atoms with Gasteiger partial charge in [0.1, 0.15) is 0 Å². The molecule has 2 aromatic rings. The van der Waals surface area contributed by atoms with Crippen LogP contribution in [0.4, 0.5) is 5.69 Å². The first-order valence-corrected chi connectivity index (χ1v) is 9.55. The van der Waals surface area contributed by atoms with E-state index in [1.165, 1.54) is 0 Å². The normalized spacial score (nSPS) is 15.1. The number of carbonyl (C=O) groups excluding carboxylic acids is 1. The molecule has 1 atom stereocenters. The van der Waals surface area contributed by atoms with Crippen LogP contribution in [0.15, 0.2) is 54.6 Å². The van der Waals surface area contributed by atoms with Gasteiger partial charge in [-0.3, -0.25) is 4.79 Å². The molecule has 24 heavy (non-hydrogen) atoms. The molecule has 0 radical (unpaired) electrons. The van der Waals surface area contributed by atoms with Crippen LogP contribution >= 0.6 is 0 Å². The average molecular weight is 344 g/mol. The standard InChI is InChI=1S/C18H20N2O3S/c1-14(19-24(22,23)13-15-7-3-2-4-8-15)18(21)20-12-11-16-9-5-6-10-17(16)20/h2-10,14,19H,11-13H2,1H3/t14-/m1/s1. The number of sulfonamides is 1. The molecule has 0 fully saturated rings. The van der Waals surface area contributed by atoms with E-state index in [2.05, 4.69) is 4.72 Å². The minimum Gasteiger partial charge on any atom is -0.310 e. The van der Waals surface area contributed by atoms with Crippen LogP contribution in [0.3, 0.4) is 0 Å². The Hall–Kier alpha value is -2.18.